The first-order valence-corrected chi connectivity index (χ1v) is 8.55. The van der Waals surface area contributed by atoms with Crippen LogP contribution < -0.4 is 5.32 Å². The summed E-state index contributed by atoms with van der Waals surface area (Å²) in [6.07, 6.45) is 0. The van der Waals surface area contributed by atoms with Crippen LogP contribution in [0.25, 0.3) is 11.0 Å². The molecule has 1 N–H and O–H groups in total. The fraction of sp³-hybridized carbons (Fsp3) is 0.211. The highest BCUT2D eigenvalue weighted by atomic mass is 35.5. The molecule has 1 aromatic heterocycles. The standard InChI is InChI=1S/C19H18Cl2N2O2/c1-11-13(10-23(2)3)12-6-4-9-16(18(12)25-11)22-19(24)17-14(20)7-5-8-15(17)21/h4-9H,10H2,1-3H3,(H,22,24). The lowest BCUT2D eigenvalue weighted by Crippen LogP contribution is -2.13. The van der Waals surface area contributed by atoms with Crippen LogP contribution in [0.2, 0.25) is 10.0 Å². The monoisotopic (exact) mass is 376 g/mol. The van der Waals surface area contributed by atoms with Crippen molar-refractivity contribution in [2.75, 3.05) is 19.4 Å². The summed E-state index contributed by atoms with van der Waals surface area (Å²) in [5, 5.41) is 4.46. The smallest absolute Gasteiger partial charge is 0.258 e. The summed E-state index contributed by atoms with van der Waals surface area (Å²) in [5.41, 5.74) is 2.59. The Morgan fingerprint density at radius 1 is 1.12 bits per heavy atom. The number of benzene rings is 2. The molecule has 0 bridgehead atoms. The van der Waals surface area contributed by atoms with Crippen LogP contribution in [0.3, 0.4) is 0 Å². The van der Waals surface area contributed by atoms with E-state index in [0.717, 1.165) is 23.3 Å². The van der Waals surface area contributed by atoms with Gasteiger partial charge in [-0.3, -0.25) is 4.79 Å². The van der Waals surface area contributed by atoms with E-state index in [9.17, 15) is 4.79 Å². The molecule has 3 rings (SSSR count). The molecule has 0 radical (unpaired) electrons. The maximum absolute atomic E-state index is 12.6. The zero-order chi connectivity index (χ0) is 18.1. The second kappa shape index (κ2) is 7.08. The first kappa shape index (κ1) is 17.8. The molecule has 4 nitrogen and oxygen atoms in total. The maximum Gasteiger partial charge on any atom is 0.258 e. The number of furan rings is 1. The molecule has 6 heteroatoms. The van der Waals surface area contributed by atoms with Crippen molar-refractivity contribution in [2.24, 2.45) is 0 Å². The van der Waals surface area contributed by atoms with Gasteiger partial charge in [0.1, 0.15) is 5.76 Å². The molecule has 1 amide bonds. The van der Waals surface area contributed by atoms with Crippen LogP contribution in [0.15, 0.2) is 40.8 Å². The molecule has 3 aromatic rings. The molecule has 0 saturated carbocycles. The van der Waals surface area contributed by atoms with E-state index in [2.05, 4.69) is 10.2 Å². The number of hydrogen-bond acceptors (Lipinski definition) is 3. The third-order valence-corrected chi connectivity index (χ3v) is 4.56. The zero-order valence-corrected chi connectivity index (χ0v) is 15.7. The lowest BCUT2D eigenvalue weighted by atomic mass is 10.1. The van der Waals surface area contributed by atoms with Crippen molar-refractivity contribution in [1.82, 2.24) is 4.90 Å². The third kappa shape index (κ3) is 3.52. The molecule has 1 heterocycles. The molecule has 0 aliphatic heterocycles. The number of amides is 1. The maximum atomic E-state index is 12.6. The topological polar surface area (TPSA) is 45.5 Å². The number of hydrogen-bond donors (Lipinski definition) is 1. The van der Waals surface area contributed by atoms with Gasteiger partial charge in [-0.25, -0.2) is 0 Å². The van der Waals surface area contributed by atoms with Crippen LogP contribution in [0.4, 0.5) is 5.69 Å². The number of fused-ring (bicyclic) bond motifs is 1. The average molecular weight is 377 g/mol. The molecule has 0 aliphatic rings. The van der Waals surface area contributed by atoms with E-state index in [0.29, 0.717) is 21.3 Å². The largest absolute Gasteiger partial charge is 0.459 e. The van der Waals surface area contributed by atoms with Gasteiger partial charge in [0, 0.05) is 17.5 Å². The van der Waals surface area contributed by atoms with Gasteiger partial charge in [-0.15, -0.1) is 0 Å². The van der Waals surface area contributed by atoms with E-state index in [1.807, 2.05) is 33.2 Å². The summed E-state index contributed by atoms with van der Waals surface area (Å²) in [6.45, 7) is 2.68. The normalized spacial score (nSPS) is 11.3. The number of carbonyl (C=O) groups is 1. The van der Waals surface area contributed by atoms with Crippen molar-refractivity contribution < 1.29 is 9.21 Å². The number of aryl methyl sites for hydroxylation is 1. The average Bonchev–Trinajstić information content (AvgIpc) is 2.84. The molecular weight excluding hydrogens is 359 g/mol. The van der Waals surface area contributed by atoms with Crippen LogP contribution in [-0.4, -0.2) is 24.9 Å². The molecule has 0 saturated heterocycles. The van der Waals surface area contributed by atoms with Gasteiger partial charge in [-0.05, 0) is 39.2 Å². The van der Waals surface area contributed by atoms with Gasteiger partial charge < -0.3 is 14.6 Å². The number of carbonyl (C=O) groups excluding carboxylic acids is 1. The molecule has 0 aliphatic carbocycles. The first-order valence-electron chi connectivity index (χ1n) is 7.79. The quantitative estimate of drug-likeness (QED) is 0.666. The van der Waals surface area contributed by atoms with Crippen LogP contribution in [0, 0.1) is 6.92 Å². The highest BCUT2D eigenvalue weighted by Crippen LogP contribution is 2.33. The lowest BCUT2D eigenvalue weighted by molar-refractivity contribution is 0.102. The summed E-state index contributed by atoms with van der Waals surface area (Å²) >= 11 is 12.2. The van der Waals surface area contributed by atoms with Crippen LogP contribution >= 0.6 is 23.2 Å². The molecule has 0 spiro atoms. The van der Waals surface area contributed by atoms with Gasteiger partial charge in [0.05, 0.1) is 21.3 Å². The number of nitrogens with one attached hydrogen (secondary N) is 1. The van der Waals surface area contributed by atoms with Gasteiger partial charge in [0.15, 0.2) is 5.58 Å². The van der Waals surface area contributed by atoms with Crippen LogP contribution in [0.5, 0.6) is 0 Å². The molecule has 0 unspecified atom stereocenters. The van der Waals surface area contributed by atoms with E-state index in [1.54, 1.807) is 24.3 Å². The minimum Gasteiger partial charge on any atom is -0.459 e. The van der Waals surface area contributed by atoms with E-state index < -0.39 is 0 Å². The molecule has 130 valence electrons. The van der Waals surface area contributed by atoms with E-state index in [1.165, 1.54) is 0 Å². The minimum atomic E-state index is -0.369. The minimum absolute atomic E-state index is 0.250. The van der Waals surface area contributed by atoms with Crippen molar-refractivity contribution in [2.45, 2.75) is 13.5 Å². The number of para-hydroxylation sites is 1. The zero-order valence-electron chi connectivity index (χ0n) is 14.2. The second-order valence-electron chi connectivity index (χ2n) is 6.11. The number of anilines is 1. The van der Waals surface area contributed by atoms with Gasteiger partial charge >= 0.3 is 0 Å². The Kier molecular flexibility index (Phi) is 5.04. The van der Waals surface area contributed by atoms with Crippen molar-refractivity contribution in [1.29, 1.82) is 0 Å². The fourth-order valence-corrected chi connectivity index (χ4v) is 3.37. The molecular formula is C19H18Cl2N2O2. The Bertz CT molecular complexity index is 928. The summed E-state index contributed by atoms with van der Waals surface area (Å²) < 4.78 is 5.92. The fourth-order valence-electron chi connectivity index (χ4n) is 2.80. The summed E-state index contributed by atoms with van der Waals surface area (Å²) in [5.74, 6) is 0.465. The Labute approximate surface area is 156 Å². The van der Waals surface area contributed by atoms with Crippen molar-refractivity contribution in [3.63, 3.8) is 0 Å². The van der Waals surface area contributed by atoms with Gasteiger partial charge in [0.25, 0.3) is 5.91 Å². The first-order chi connectivity index (χ1) is 11.9. The van der Waals surface area contributed by atoms with Crippen molar-refractivity contribution in [3.8, 4) is 0 Å². The highest BCUT2D eigenvalue weighted by Gasteiger charge is 2.19. The van der Waals surface area contributed by atoms with Crippen LogP contribution in [-0.2, 0) is 6.54 Å². The Morgan fingerprint density at radius 2 is 1.76 bits per heavy atom. The Balaban J connectivity index is 2.01. The Hall–Kier alpha value is -2.01. The van der Waals surface area contributed by atoms with E-state index >= 15 is 0 Å². The summed E-state index contributed by atoms with van der Waals surface area (Å²) in [4.78, 5) is 14.7. The number of rotatable bonds is 4. The molecule has 2 aromatic carbocycles. The van der Waals surface area contributed by atoms with Gasteiger partial charge in [0.2, 0.25) is 0 Å². The summed E-state index contributed by atoms with van der Waals surface area (Å²) in [6, 6.07) is 10.6. The van der Waals surface area contributed by atoms with Crippen molar-refractivity contribution in [3.05, 3.63) is 63.3 Å². The second-order valence-corrected chi connectivity index (χ2v) is 6.92. The van der Waals surface area contributed by atoms with Crippen molar-refractivity contribution >= 4 is 45.8 Å². The van der Waals surface area contributed by atoms with Gasteiger partial charge in [-0.2, -0.15) is 0 Å². The number of halogens is 2. The Morgan fingerprint density at radius 3 is 2.40 bits per heavy atom. The van der Waals surface area contributed by atoms with E-state index in [4.69, 9.17) is 27.6 Å². The predicted molar refractivity (Wildman–Crippen MR) is 103 cm³/mol. The van der Waals surface area contributed by atoms with E-state index in [-0.39, 0.29) is 11.5 Å². The predicted octanol–water partition coefficient (Wildman–Crippen LogP) is 5.36. The molecule has 0 fully saturated rings. The third-order valence-electron chi connectivity index (χ3n) is 3.93. The SMILES string of the molecule is Cc1oc2c(NC(=O)c3c(Cl)cccc3Cl)cccc2c1CN(C)C. The van der Waals surface area contributed by atoms with Gasteiger partial charge in [-0.1, -0.05) is 41.4 Å². The summed E-state index contributed by atoms with van der Waals surface area (Å²) in [7, 11) is 4.01. The number of nitrogens with zero attached hydrogens (tertiary/aromatic N) is 1. The lowest BCUT2D eigenvalue weighted by Gasteiger charge is -2.10. The molecule has 25 heavy (non-hydrogen) atoms. The molecule has 0 atom stereocenters. The van der Waals surface area contributed by atoms with Crippen LogP contribution in [0.1, 0.15) is 21.7 Å². The highest BCUT2D eigenvalue weighted by molar-refractivity contribution is 6.40.